The molecule has 2 rings (SSSR count). The average Bonchev–Trinajstić information content (AvgIpc) is 2.50. The van der Waals surface area contributed by atoms with Crippen molar-refractivity contribution in [2.24, 2.45) is 0 Å². The summed E-state index contributed by atoms with van der Waals surface area (Å²) < 4.78 is 10.6. The van der Waals surface area contributed by atoms with E-state index in [1.807, 2.05) is 37.3 Å². The summed E-state index contributed by atoms with van der Waals surface area (Å²) in [6, 6.07) is 11.7. The van der Waals surface area contributed by atoms with Gasteiger partial charge in [-0.3, -0.25) is 5.32 Å². The minimum Gasteiger partial charge on any atom is -0.489 e. The van der Waals surface area contributed by atoms with Crippen LogP contribution in [0.25, 0.3) is 0 Å². The average molecular weight is 299 g/mol. The van der Waals surface area contributed by atoms with Crippen LogP contribution in [0.15, 0.2) is 36.4 Å². The zero-order valence-electron chi connectivity index (χ0n) is 13.4. The molecular formula is C18H21NO3. The number of hydrogen-bond acceptors (Lipinski definition) is 3. The van der Waals surface area contributed by atoms with Gasteiger partial charge in [-0.25, -0.2) is 4.79 Å². The van der Waals surface area contributed by atoms with Crippen molar-refractivity contribution in [3.05, 3.63) is 58.7 Å². The number of methoxy groups -OCH3 is 1. The first-order chi connectivity index (χ1) is 10.5. The minimum absolute atomic E-state index is 0.378. The summed E-state index contributed by atoms with van der Waals surface area (Å²) in [5.41, 5.74) is 5.13. The fraction of sp³-hybridized carbons (Fsp3) is 0.278. The van der Waals surface area contributed by atoms with E-state index in [9.17, 15) is 4.79 Å². The van der Waals surface area contributed by atoms with Crippen LogP contribution in [-0.4, -0.2) is 13.2 Å². The maximum atomic E-state index is 11.4. The lowest BCUT2D eigenvalue weighted by atomic mass is 10.1. The van der Waals surface area contributed by atoms with Gasteiger partial charge in [0, 0.05) is 5.56 Å². The van der Waals surface area contributed by atoms with E-state index >= 15 is 0 Å². The Morgan fingerprint density at radius 3 is 2.45 bits per heavy atom. The van der Waals surface area contributed by atoms with Gasteiger partial charge in [0.05, 0.1) is 12.8 Å². The second kappa shape index (κ2) is 6.98. The van der Waals surface area contributed by atoms with E-state index in [0.29, 0.717) is 12.3 Å². The zero-order valence-corrected chi connectivity index (χ0v) is 13.4. The molecule has 0 aliphatic carbocycles. The van der Waals surface area contributed by atoms with Gasteiger partial charge < -0.3 is 9.47 Å². The van der Waals surface area contributed by atoms with E-state index in [1.165, 1.54) is 18.2 Å². The van der Waals surface area contributed by atoms with Crippen molar-refractivity contribution in [1.82, 2.24) is 0 Å². The van der Waals surface area contributed by atoms with Crippen LogP contribution in [0.4, 0.5) is 10.5 Å². The van der Waals surface area contributed by atoms with Crippen LogP contribution in [0.2, 0.25) is 0 Å². The van der Waals surface area contributed by atoms with Crippen molar-refractivity contribution < 1.29 is 14.3 Å². The Balaban J connectivity index is 2.15. The van der Waals surface area contributed by atoms with Crippen molar-refractivity contribution in [3.8, 4) is 5.75 Å². The number of ether oxygens (including phenoxy) is 2. The van der Waals surface area contributed by atoms with Crippen molar-refractivity contribution in [2.45, 2.75) is 27.4 Å². The molecule has 116 valence electrons. The molecule has 0 radical (unpaired) electrons. The van der Waals surface area contributed by atoms with Gasteiger partial charge in [0.2, 0.25) is 0 Å². The molecule has 0 saturated heterocycles. The van der Waals surface area contributed by atoms with Crippen LogP contribution in [0.3, 0.4) is 0 Å². The van der Waals surface area contributed by atoms with E-state index in [2.05, 4.69) is 30.0 Å². The number of rotatable bonds is 4. The fourth-order valence-corrected chi connectivity index (χ4v) is 2.17. The highest BCUT2D eigenvalue weighted by Gasteiger charge is 2.08. The van der Waals surface area contributed by atoms with Crippen molar-refractivity contribution in [3.63, 3.8) is 0 Å². The van der Waals surface area contributed by atoms with Gasteiger partial charge in [-0.1, -0.05) is 24.3 Å². The fourth-order valence-electron chi connectivity index (χ4n) is 2.17. The highest BCUT2D eigenvalue weighted by molar-refractivity contribution is 5.85. The number of carbonyl (C=O) groups is 1. The maximum Gasteiger partial charge on any atom is 0.411 e. The normalized spacial score (nSPS) is 10.2. The van der Waals surface area contributed by atoms with E-state index in [0.717, 1.165) is 16.9 Å². The lowest BCUT2D eigenvalue weighted by Gasteiger charge is -2.14. The Morgan fingerprint density at radius 2 is 1.73 bits per heavy atom. The highest BCUT2D eigenvalue weighted by atomic mass is 16.5. The van der Waals surface area contributed by atoms with Crippen molar-refractivity contribution in [2.75, 3.05) is 12.4 Å². The number of carbonyl (C=O) groups excluding carboxylic acids is 1. The molecule has 1 N–H and O–H groups in total. The summed E-state index contributed by atoms with van der Waals surface area (Å²) in [4.78, 5) is 11.4. The Bertz CT molecular complexity index is 680. The molecule has 0 bridgehead atoms. The number of anilines is 1. The summed E-state index contributed by atoms with van der Waals surface area (Å²) in [6.07, 6.45) is -0.491. The smallest absolute Gasteiger partial charge is 0.411 e. The van der Waals surface area contributed by atoms with Crippen LogP contribution in [0, 0.1) is 20.8 Å². The standard InChI is InChI=1S/C18H21NO3/c1-12-9-14(3)17(10-13(12)2)22-11-15-7-5-6-8-16(15)19-18(20)21-4/h5-10H,11H2,1-4H3,(H,19,20). The molecule has 0 unspecified atom stereocenters. The first-order valence-electron chi connectivity index (χ1n) is 7.14. The van der Waals surface area contributed by atoms with Gasteiger partial charge in [0.1, 0.15) is 12.4 Å². The summed E-state index contributed by atoms with van der Waals surface area (Å²) in [5, 5.41) is 2.69. The van der Waals surface area contributed by atoms with Gasteiger partial charge >= 0.3 is 6.09 Å². The van der Waals surface area contributed by atoms with E-state index < -0.39 is 6.09 Å². The molecule has 0 atom stereocenters. The first kappa shape index (κ1) is 15.9. The molecule has 0 saturated carbocycles. The third-order valence-corrected chi connectivity index (χ3v) is 3.61. The molecule has 2 aromatic rings. The van der Waals surface area contributed by atoms with Crippen molar-refractivity contribution >= 4 is 11.8 Å². The molecule has 0 aromatic heterocycles. The quantitative estimate of drug-likeness (QED) is 0.912. The summed E-state index contributed by atoms with van der Waals surface area (Å²) >= 11 is 0. The minimum atomic E-state index is -0.491. The Kier molecular flexibility index (Phi) is 5.04. The SMILES string of the molecule is COC(=O)Nc1ccccc1COc1cc(C)c(C)cc1C. The zero-order chi connectivity index (χ0) is 16.1. The number of amides is 1. The lowest BCUT2D eigenvalue weighted by Crippen LogP contribution is -2.13. The second-order valence-corrected chi connectivity index (χ2v) is 5.26. The van der Waals surface area contributed by atoms with Crippen molar-refractivity contribution in [1.29, 1.82) is 0 Å². The van der Waals surface area contributed by atoms with E-state index in [4.69, 9.17) is 4.74 Å². The van der Waals surface area contributed by atoms with Gasteiger partial charge in [-0.05, 0) is 49.6 Å². The van der Waals surface area contributed by atoms with Gasteiger partial charge in [0.15, 0.2) is 0 Å². The molecule has 22 heavy (non-hydrogen) atoms. The molecule has 4 heteroatoms. The molecule has 0 heterocycles. The largest absolute Gasteiger partial charge is 0.489 e. The predicted molar refractivity (Wildman–Crippen MR) is 87.5 cm³/mol. The first-order valence-corrected chi connectivity index (χ1v) is 7.14. The number of benzene rings is 2. The van der Waals surface area contributed by atoms with Gasteiger partial charge in [0.25, 0.3) is 0 Å². The van der Waals surface area contributed by atoms with E-state index in [1.54, 1.807) is 0 Å². The van der Waals surface area contributed by atoms with Crippen LogP contribution in [0.1, 0.15) is 22.3 Å². The molecule has 1 amide bonds. The summed E-state index contributed by atoms with van der Waals surface area (Å²) in [7, 11) is 1.34. The van der Waals surface area contributed by atoms with Gasteiger partial charge in [-0.15, -0.1) is 0 Å². The molecule has 4 nitrogen and oxygen atoms in total. The molecular weight excluding hydrogens is 278 g/mol. The lowest BCUT2D eigenvalue weighted by molar-refractivity contribution is 0.187. The summed E-state index contributed by atoms with van der Waals surface area (Å²) in [6.45, 7) is 6.56. The van der Waals surface area contributed by atoms with Gasteiger partial charge in [-0.2, -0.15) is 0 Å². The third kappa shape index (κ3) is 3.79. The number of nitrogens with one attached hydrogen (secondary N) is 1. The van der Waals surface area contributed by atoms with Crippen LogP contribution < -0.4 is 10.1 Å². The number of para-hydroxylation sites is 1. The topological polar surface area (TPSA) is 47.6 Å². The number of aryl methyl sites for hydroxylation is 3. The molecule has 0 spiro atoms. The molecule has 0 aliphatic heterocycles. The predicted octanol–water partition coefficient (Wildman–Crippen LogP) is 4.37. The maximum absolute atomic E-state index is 11.4. The highest BCUT2D eigenvalue weighted by Crippen LogP contribution is 2.24. The van der Waals surface area contributed by atoms with Crippen LogP contribution in [-0.2, 0) is 11.3 Å². The Labute approximate surface area is 131 Å². The second-order valence-electron chi connectivity index (χ2n) is 5.26. The van der Waals surface area contributed by atoms with E-state index in [-0.39, 0.29) is 0 Å². The molecule has 0 fully saturated rings. The monoisotopic (exact) mass is 299 g/mol. The Morgan fingerprint density at radius 1 is 1.05 bits per heavy atom. The third-order valence-electron chi connectivity index (χ3n) is 3.61. The Hall–Kier alpha value is -2.49. The van der Waals surface area contributed by atoms with Crippen LogP contribution in [0.5, 0.6) is 5.75 Å². The van der Waals surface area contributed by atoms with Crippen LogP contribution >= 0.6 is 0 Å². The summed E-state index contributed by atoms with van der Waals surface area (Å²) in [5.74, 6) is 0.857. The molecule has 0 aliphatic rings. The number of hydrogen-bond donors (Lipinski definition) is 1. The molecule has 2 aromatic carbocycles.